The first-order chi connectivity index (χ1) is 4.46. The normalized spacial score (nSPS) is 9.50. The molecule has 5 nitrogen and oxygen atoms in total. The molecule has 0 spiro atoms. The van der Waals surface area contributed by atoms with Gasteiger partial charge in [0.15, 0.2) is 0 Å². The molecule has 0 aromatic carbocycles. The van der Waals surface area contributed by atoms with E-state index < -0.39 is 12.1 Å². The van der Waals surface area contributed by atoms with Crippen molar-refractivity contribution in [2.45, 2.75) is 19.9 Å². The van der Waals surface area contributed by atoms with Gasteiger partial charge in [-0.15, -0.1) is 0 Å². The van der Waals surface area contributed by atoms with Gasteiger partial charge in [-0.25, -0.2) is 14.5 Å². The first-order valence-electron chi connectivity index (χ1n) is 2.85. The lowest BCUT2D eigenvalue weighted by molar-refractivity contribution is 0.187. The van der Waals surface area contributed by atoms with Crippen LogP contribution in [-0.4, -0.2) is 23.0 Å². The number of carbonyl (C=O) groups excluding carboxylic acids is 2. The number of nitrogens with zero attached hydrogens (tertiary/aromatic N) is 1. The van der Waals surface area contributed by atoms with Crippen LogP contribution in [0, 0.1) is 0 Å². The average molecular weight is 145 g/mol. The van der Waals surface area contributed by atoms with Gasteiger partial charge in [-0.3, -0.25) is 0 Å². The van der Waals surface area contributed by atoms with Gasteiger partial charge >= 0.3 is 12.1 Å². The standard InChI is InChI=1S/C5H11N3O2/c1-3(2)8(4(6)9)5(7)10/h3H,1-2H3,(H2,6,9)(H2,7,10). The minimum atomic E-state index is -0.817. The van der Waals surface area contributed by atoms with Crippen LogP contribution in [0.4, 0.5) is 9.59 Å². The molecule has 0 aliphatic rings. The minimum absolute atomic E-state index is 0.282. The van der Waals surface area contributed by atoms with Gasteiger partial charge in [0.05, 0.1) is 0 Å². The molecule has 0 bridgehead atoms. The molecular formula is C5H11N3O2. The van der Waals surface area contributed by atoms with Crippen molar-refractivity contribution in [3.8, 4) is 0 Å². The molecule has 0 aromatic heterocycles. The van der Waals surface area contributed by atoms with Crippen LogP contribution in [0.3, 0.4) is 0 Å². The highest BCUT2D eigenvalue weighted by Gasteiger charge is 2.18. The van der Waals surface area contributed by atoms with Crippen molar-refractivity contribution in [3.63, 3.8) is 0 Å². The van der Waals surface area contributed by atoms with E-state index in [1.54, 1.807) is 13.8 Å². The van der Waals surface area contributed by atoms with E-state index in [4.69, 9.17) is 11.5 Å². The largest absolute Gasteiger partial charge is 0.351 e. The maximum atomic E-state index is 10.4. The fraction of sp³-hybridized carbons (Fsp3) is 0.600. The molecule has 0 unspecified atom stereocenters. The first-order valence-corrected chi connectivity index (χ1v) is 2.85. The Balaban J connectivity index is 4.27. The number of urea groups is 2. The molecule has 0 aromatic rings. The summed E-state index contributed by atoms with van der Waals surface area (Å²) in [5, 5.41) is 0. The third kappa shape index (κ3) is 1.93. The fourth-order valence-corrected chi connectivity index (χ4v) is 0.618. The van der Waals surface area contributed by atoms with E-state index in [2.05, 4.69) is 0 Å². The lowest BCUT2D eigenvalue weighted by Crippen LogP contribution is -2.47. The topological polar surface area (TPSA) is 89.4 Å². The average Bonchev–Trinajstić information content (AvgIpc) is 1.59. The molecule has 0 saturated carbocycles. The Hall–Kier alpha value is -1.26. The third-order valence-corrected chi connectivity index (χ3v) is 0.991. The summed E-state index contributed by atoms with van der Waals surface area (Å²) < 4.78 is 0. The number of hydrogen-bond acceptors (Lipinski definition) is 2. The molecule has 0 aliphatic carbocycles. The van der Waals surface area contributed by atoms with E-state index in [-0.39, 0.29) is 6.04 Å². The number of rotatable bonds is 1. The van der Waals surface area contributed by atoms with Crippen LogP contribution >= 0.6 is 0 Å². The summed E-state index contributed by atoms with van der Waals surface area (Å²) in [5.41, 5.74) is 9.65. The molecule has 4 N–H and O–H groups in total. The van der Waals surface area contributed by atoms with Gasteiger partial charge in [-0.05, 0) is 13.8 Å². The quantitative estimate of drug-likeness (QED) is 0.537. The summed E-state index contributed by atoms with van der Waals surface area (Å²) in [6.45, 7) is 3.30. The molecule has 0 fully saturated rings. The molecule has 0 atom stereocenters. The highest BCUT2D eigenvalue weighted by atomic mass is 16.2. The van der Waals surface area contributed by atoms with Crippen LogP contribution in [0.1, 0.15) is 13.8 Å². The van der Waals surface area contributed by atoms with E-state index in [0.29, 0.717) is 0 Å². The number of hydrogen-bond donors (Lipinski definition) is 2. The maximum absolute atomic E-state index is 10.4. The number of imide groups is 1. The molecule has 0 aliphatic heterocycles. The number of nitrogens with two attached hydrogens (primary N) is 2. The summed E-state index contributed by atoms with van der Waals surface area (Å²) in [7, 11) is 0. The van der Waals surface area contributed by atoms with Crippen LogP contribution in [-0.2, 0) is 0 Å². The zero-order valence-corrected chi connectivity index (χ0v) is 6.00. The SMILES string of the molecule is CC(C)N(C(N)=O)C(N)=O. The predicted octanol–water partition coefficient (Wildman–Crippen LogP) is -0.146. The number of carbonyl (C=O) groups is 2. The predicted molar refractivity (Wildman–Crippen MR) is 36.1 cm³/mol. The lowest BCUT2D eigenvalue weighted by Gasteiger charge is -2.19. The molecule has 0 heterocycles. The van der Waals surface area contributed by atoms with Crippen LogP contribution in [0.25, 0.3) is 0 Å². The number of primary amides is 2. The summed E-state index contributed by atoms with van der Waals surface area (Å²) in [4.78, 5) is 21.6. The molecule has 0 saturated heterocycles. The molecule has 4 amide bonds. The Morgan fingerprint density at radius 2 is 1.50 bits per heavy atom. The second-order valence-corrected chi connectivity index (χ2v) is 2.14. The van der Waals surface area contributed by atoms with Gasteiger partial charge in [0.2, 0.25) is 0 Å². The molecule has 0 radical (unpaired) electrons. The van der Waals surface area contributed by atoms with E-state index in [0.717, 1.165) is 4.90 Å². The zero-order chi connectivity index (χ0) is 8.31. The molecule has 58 valence electrons. The molecule has 5 heteroatoms. The van der Waals surface area contributed by atoms with Crippen molar-refractivity contribution in [3.05, 3.63) is 0 Å². The minimum Gasteiger partial charge on any atom is -0.351 e. The monoisotopic (exact) mass is 145 g/mol. The Morgan fingerprint density at radius 1 is 1.20 bits per heavy atom. The van der Waals surface area contributed by atoms with Gasteiger partial charge in [-0.1, -0.05) is 0 Å². The van der Waals surface area contributed by atoms with Crippen molar-refractivity contribution in [1.29, 1.82) is 0 Å². The third-order valence-electron chi connectivity index (χ3n) is 0.991. The van der Waals surface area contributed by atoms with Gasteiger partial charge in [-0.2, -0.15) is 0 Å². The van der Waals surface area contributed by atoms with Gasteiger partial charge in [0.1, 0.15) is 0 Å². The fourth-order valence-electron chi connectivity index (χ4n) is 0.618. The van der Waals surface area contributed by atoms with Crippen molar-refractivity contribution < 1.29 is 9.59 Å². The zero-order valence-electron chi connectivity index (χ0n) is 6.00. The Kier molecular flexibility index (Phi) is 2.66. The van der Waals surface area contributed by atoms with Gasteiger partial charge in [0.25, 0.3) is 0 Å². The second kappa shape index (κ2) is 3.05. The van der Waals surface area contributed by atoms with Crippen molar-refractivity contribution in [1.82, 2.24) is 4.90 Å². The summed E-state index contributed by atoms with van der Waals surface area (Å²) in [6, 6.07) is -1.92. The summed E-state index contributed by atoms with van der Waals surface area (Å²) in [5.74, 6) is 0. The van der Waals surface area contributed by atoms with Gasteiger partial charge < -0.3 is 11.5 Å². The van der Waals surface area contributed by atoms with E-state index in [9.17, 15) is 9.59 Å². The summed E-state index contributed by atoms with van der Waals surface area (Å²) >= 11 is 0. The first kappa shape index (κ1) is 8.74. The number of amides is 4. The van der Waals surface area contributed by atoms with Crippen molar-refractivity contribution in [2.24, 2.45) is 11.5 Å². The van der Waals surface area contributed by atoms with Crippen LogP contribution < -0.4 is 11.5 Å². The van der Waals surface area contributed by atoms with Crippen molar-refractivity contribution >= 4 is 12.1 Å². The maximum Gasteiger partial charge on any atom is 0.323 e. The summed E-state index contributed by atoms with van der Waals surface area (Å²) in [6.07, 6.45) is 0. The smallest absolute Gasteiger partial charge is 0.323 e. The lowest BCUT2D eigenvalue weighted by atomic mass is 10.3. The van der Waals surface area contributed by atoms with Crippen LogP contribution in [0.2, 0.25) is 0 Å². The van der Waals surface area contributed by atoms with E-state index in [1.165, 1.54) is 0 Å². The molecule has 10 heavy (non-hydrogen) atoms. The van der Waals surface area contributed by atoms with Crippen molar-refractivity contribution in [2.75, 3.05) is 0 Å². The Morgan fingerprint density at radius 3 is 1.50 bits per heavy atom. The van der Waals surface area contributed by atoms with Gasteiger partial charge in [0, 0.05) is 6.04 Å². The highest BCUT2D eigenvalue weighted by Crippen LogP contribution is 1.95. The Labute approximate surface area is 59.0 Å². The molecular weight excluding hydrogens is 134 g/mol. The Bertz CT molecular complexity index is 141. The second-order valence-electron chi connectivity index (χ2n) is 2.14. The van der Waals surface area contributed by atoms with Crippen LogP contribution in [0.5, 0.6) is 0 Å². The van der Waals surface area contributed by atoms with Crippen LogP contribution in [0.15, 0.2) is 0 Å². The van der Waals surface area contributed by atoms with E-state index in [1.807, 2.05) is 0 Å². The highest BCUT2D eigenvalue weighted by molar-refractivity contribution is 5.92. The van der Waals surface area contributed by atoms with E-state index >= 15 is 0 Å². The molecule has 0 rings (SSSR count).